The van der Waals surface area contributed by atoms with Gasteiger partial charge in [0, 0.05) is 5.56 Å². The summed E-state index contributed by atoms with van der Waals surface area (Å²) in [6, 6.07) is 13.4. The van der Waals surface area contributed by atoms with Crippen molar-refractivity contribution in [3.8, 4) is 11.5 Å². The van der Waals surface area contributed by atoms with Crippen molar-refractivity contribution in [2.24, 2.45) is 11.5 Å². The minimum atomic E-state index is -1.48. The van der Waals surface area contributed by atoms with E-state index in [1.807, 2.05) is 12.1 Å². The molecule has 1 aliphatic heterocycles. The lowest BCUT2D eigenvalue weighted by molar-refractivity contribution is -0.169. The highest BCUT2D eigenvalue weighted by Crippen LogP contribution is 2.35. The predicted molar refractivity (Wildman–Crippen MR) is 103 cm³/mol. The van der Waals surface area contributed by atoms with Crippen molar-refractivity contribution in [2.45, 2.75) is 31.4 Å². The van der Waals surface area contributed by atoms with Gasteiger partial charge in [-0.1, -0.05) is 43.3 Å². The van der Waals surface area contributed by atoms with Crippen LogP contribution >= 0.6 is 0 Å². The molecular formula is C21H24N2O5. The molecule has 0 bridgehead atoms. The summed E-state index contributed by atoms with van der Waals surface area (Å²) in [5, 5.41) is 0. The maximum atomic E-state index is 13.4. The molecule has 0 saturated heterocycles. The molecule has 2 unspecified atom stereocenters. The van der Waals surface area contributed by atoms with Crippen molar-refractivity contribution < 1.29 is 23.8 Å². The fourth-order valence-corrected chi connectivity index (χ4v) is 3.36. The highest BCUT2D eigenvalue weighted by molar-refractivity contribution is 5.95. The number of carbonyl (C=O) groups excluding carboxylic acids is 2. The van der Waals surface area contributed by atoms with Crippen LogP contribution in [0.1, 0.15) is 24.5 Å². The van der Waals surface area contributed by atoms with Crippen molar-refractivity contribution >= 4 is 11.8 Å². The molecule has 4 N–H and O–H groups in total. The first-order valence-electron chi connectivity index (χ1n) is 9.16. The Kier molecular flexibility index (Phi) is 5.96. The minimum Gasteiger partial charge on any atom is -0.454 e. The highest BCUT2D eigenvalue weighted by Gasteiger charge is 2.44. The number of hydrogen-bond acceptors (Lipinski definition) is 7. The molecule has 2 aromatic rings. The molecule has 0 saturated carbocycles. The van der Waals surface area contributed by atoms with Crippen LogP contribution in [0.4, 0.5) is 0 Å². The molecule has 2 atom stereocenters. The Morgan fingerprint density at radius 2 is 1.86 bits per heavy atom. The van der Waals surface area contributed by atoms with E-state index in [9.17, 15) is 9.59 Å². The summed E-state index contributed by atoms with van der Waals surface area (Å²) < 4.78 is 16.3. The Bertz CT molecular complexity index is 855. The van der Waals surface area contributed by atoms with Crippen LogP contribution in [0.15, 0.2) is 48.5 Å². The molecule has 1 heterocycles. The van der Waals surface area contributed by atoms with Gasteiger partial charge in [0.15, 0.2) is 22.9 Å². The Hall–Kier alpha value is -2.90. The summed E-state index contributed by atoms with van der Waals surface area (Å²) in [7, 11) is 0. The molecule has 28 heavy (non-hydrogen) atoms. The number of rotatable bonds is 8. The van der Waals surface area contributed by atoms with E-state index in [1.165, 1.54) is 0 Å². The van der Waals surface area contributed by atoms with Gasteiger partial charge in [-0.3, -0.25) is 9.59 Å². The Balaban J connectivity index is 1.88. The van der Waals surface area contributed by atoms with Gasteiger partial charge in [-0.05, 0) is 30.5 Å². The summed E-state index contributed by atoms with van der Waals surface area (Å²) in [6.07, 6.45) is 0.515. The molecule has 0 amide bonds. The summed E-state index contributed by atoms with van der Waals surface area (Å²) >= 11 is 0. The molecule has 0 aliphatic carbocycles. The van der Waals surface area contributed by atoms with Crippen LogP contribution in [-0.2, 0) is 26.3 Å². The van der Waals surface area contributed by atoms with Crippen LogP contribution in [-0.4, -0.2) is 31.1 Å². The lowest BCUT2D eigenvalue weighted by Crippen LogP contribution is -2.50. The SMILES string of the molecule is CCC(OC(=O)CN)(C(=O)C(N)Cc1ccc2c(c1)OCO2)c1ccccc1. The van der Waals surface area contributed by atoms with Crippen LogP contribution in [0.2, 0.25) is 0 Å². The molecule has 3 rings (SSSR count). The number of carbonyl (C=O) groups is 2. The van der Waals surface area contributed by atoms with Gasteiger partial charge in [0.25, 0.3) is 0 Å². The zero-order valence-electron chi connectivity index (χ0n) is 15.7. The molecule has 0 aromatic heterocycles. The lowest BCUT2D eigenvalue weighted by atomic mass is 9.82. The summed E-state index contributed by atoms with van der Waals surface area (Å²) in [6.45, 7) is 1.63. The first kappa shape index (κ1) is 19.9. The molecular weight excluding hydrogens is 360 g/mol. The van der Waals surface area contributed by atoms with E-state index in [2.05, 4.69) is 0 Å². The molecule has 7 nitrogen and oxygen atoms in total. The average Bonchev–Trinajstić information content (AvgIpc) is 3.19. The first-order valence-corrected chi connectivity index (χ1v) is 9.16. The number of nitrogens with two attached hydrogens (primary N) is 2. The van der Waals surface area contributed by atoms with E-state index in [4.69, 9.17) is 25.7 Å². The van der Waals surface area contributed by atoms with Crippen molar-refractivity contribution in [1.82, 2.24) is 0 Å². The van der Waals surface area contributed by atoms with Gasteiger partial charge >= 0.3 is 5.97 Å². The number of fused-ring (bicyclic) bond motifs is 1. The number of hydrogen-bond donors (Lipinski definition) is 2. The van der Waals surface area contributed by atoms with Gasteiger partial charge in [0.2, 0.25) is 6.79 Å². The second-order valence-electron chi connectivity index (χ2n) is 6.59. The Labute approximate surface area is 163 Å². The average molecular weight is 384 g/mol. The first-order chi connectivity index (χ1) is 13.5. The Morgan fingerprint density at radius 1 is 1.14 bits per heavy atom. The molecule has 0 fully saturated rings. The number of Topliss-reactive ketones (excluding diaryl/α,β-unsaturated/α-hetero) is 1. The van der Waals surface area contributed by atoms with Crippen LogP contribution in [0.25, 0.3) is 0 Å². The van der Waals surface area contributed by atoms with E-state index in [0.717, 1.165) is 5.56 Å². The third-order valence-electron chi connectivity index (χ3n) is 4.82. The summed E-state index contributed by atoms with van der Waals surface area (Å²) in [5.74, 6) is 0.249. The zero-order valence-corrected chi connectivity index (χ0v) is 15.7. The molecule has 0 spiro atoms. The number of benzene rings is 2. The lowest BCUT2D eigenvalue weighted by Gasteiger charge is -2.33. The summed E-state index contributed by atoms with van der Waals surface area (Å²) in [5.41, 5.74) is 11.6. The number of ketones is 1. The Morgan fingerprint density at radius 3 is 2.54 bits per heavy atom. The van der Waals surface area contributed by atoms with Gasteiger partial charge in [0.05, 0.1) is 12.6 Å². The molecule has 2 aromatic carbocycles. The fourth-order valence-electron chi connectivity index (χ4n) is 3.36. The smallest absolute Gasteiger partial charge is 0.321 e. The second-order valence-corrected chi connectivity index (χ2v) is 6.59. The van der Waals surface area contributed by atoms with Crippen molar-refractivity contribution in [2.75, 3.05) is 13.3 Å². The molecule has 148 valence electrons. The molecule has 1 aliphatic rings. The quantitative estimate of drug-likeness (QED) is 0.665. The van der Waals surface area contributed by atoms with Crippen molar-refractivity contribution in [3.63, 3.8) is 0 Å². The van der Waals surface area contributed by atoms with Gasteiger partial charge in [0.1, 0.15) is 0 Å². The highest BCUT2D eigenvalue weighted by atomic mass is 16.7. The van der Waals surface area contributed by atoms with E-state index < -0.39 is 17.6 Å². The zero-order chi connectivity index (χ0) is 20.1. The maximum Gasteiger partial charge on any atom is 0.321 e. The predicted octanol–water partition coefficient (Wildman–Crippen LogP) is 1.66. The fraction of sp³-hybridized carbons (Fsp3) is 0.333. The van der Waals surface area contributed by atoms with Crippen LogP contribution < -0.4 is 20.9 Å². The monoisotopic (exact) mass is 384 g/mol. The topological polar surface area (TPSA) is 114 Å². The number of esters is 1. The third kappa shape index (κ3) is 3.85. The van der Waals surface area contributed by atoms with Gasteiger partial charge in [-0.2, -0.15) is 0 Å². The van der Waals surface area contributed by atoms with Crippen LogP contribution in [0.3, 0.4) is 0 Å². The molecule has 0 radical (unpaired) electrons. The standard InChI is InChI=1S/C21H24N2O5/c1-2-21(28-19(24)12-22,15-6-4-3-5-7-15)20(25)16(23)10-14-8-9-17-18(11-14)27-13-26-17/h3-9,11,16H,2,10,12-13,22-23H2,1H3. The van der Waals surface area contributed by atoms with Crippen molar-refractivity contribution in [3.05, 3.63) is 59.7 Å². The van der Waals surface area contributed by atoms with Crippen LogP contribution in [0.5, 0.6) is 11.5 Å². The van der Waals surface area contributed by atoms with Gasteiger partial charge in [-0.25, -0.2) is 0 Å². The summed E-state index contributed by atoms with van der Waals surface area (Å²) in [4.78, 5) is 25.4. The van der Waals surface area contributed by atoms with Gasteiger partial charge < -0.3 is 25.7 Å². The second kappa shape index (κ2) is 8.41. The van der Waals surface area contributed by atoms with Crippen LogP contribution in [0, 0.1) is 0 Å². The van der Waals surface area contributed by atoms with E-state index in [0.29, 0.717) is 17.1 Å². The van der Waals surface area contributed by atoms with E-state index >= 15 is 0 Å². The normalized spacial score (nSPS) is 15.5. The van der Waals surface area contributed by atoms with Gasteiger partial charge in [-0.15, -0.1) is 0 Å². The minimum absolute atomic E-state index is 0.172. The number of ether oxygens (including phenoxy) is 3. The largest absolute Gasteiger partial charge is 0.454 e. The third-order valence-corrected chi connectivity index (χ3v) is 4.82. The molecule has 7 heteroatoms. The van der Waals surface area contributed by atoms with E-state index in [1.54, 1.807) is 43.3 Å². The van der Waals surface area contributed by atoms with Crippen molar-refractivity contribution in [1.29, 1.82) is 0 Å². The van der Waals surface area contributed by atoms with E-state index in [-0.39, 0.29) is 32.0 Å². The maximum absolute atomic E-state index is 13.4.